The van der Waals surface area contributed by atoms with Crippen LogP contribution >= 0.6 is 7.82 Å². The molecule has 0 aromatic rings. The van der Waals surface area contributed by atoms with E-state index in [9.17, 15) is 95.9 Å². The third-order valence-electron chi connectivity index (χ3n) is 11.7. The van der Waals surface area contributed by atoms with Crippen molar-refractivity contribution in [3.05, 3.63) is 0 Å². The van der Waals surface area contributed by atoms with Gasteiger partial charge in [-0.15, -0.1) is 0 Å². The highest BCUT2D eigenvalue weighted by Gasteiger charge is 2.54. The van der Waals surface area contributed by atoms with Crippen LogP contribution in [0.25, 0.3) is 0 Å². The zero-order valence-corrected chi connectivity index (χ0v) is 46.3. The number of halogens is 3. The van der Waals surface area contributed by atoms with Gasteiger partial charge in [0.15, 0.2) is 12.6 Å². The van der Waals surface area contributed by atoms with Crippen molar-refractivity contribution in [1.82, 2.24) is 54.8 Å². The van der Waals surface area contributed by atoms with E-state index in [1.165, 1.54) is 13.8 Å². The number of ether oxygens (including phenoxy) is 6. The predicted octanol–water partition coefficient (Wildman–Crippen LogP) is -5.80. The summed E-state index contributed by atoms with van der Waals surface area (Å²) < 4.78 is 87.4. The van der Waals surface area contributed by atoms with Gasteiger partial charge in [0, 0.05) is 26.8 Å². The van der Waals surface area contributed by atoms with E-state index in [0.29, 0.717) is 0 Å². The number of hydrogen-bond acceptors (Lipinski definition) is 24. The summed E-state index contributed by atoms with van der Waals surface area (Å²) in [6.45, 7) is 4.24. The number of phosphoric ester groups is 1. The molecule has 2 fully saturated rings. The van der Waals surface area contributed by atoms with Crippen LogP contribution in [0.4, 0.5) is 13.2 Å². The Hall–Kier alpha value is -5.80. The number of unbranched alkanes of at least 4 members (excludes halogenated alkanes) is 1. The van der Waals surface area contributed by atoms with E-state index in [-0.39, 0.29) is 31.6 Å². The maximum atomic E-state index is 13.7. The second-order valence-corrected chi connectivity index (χ2v) is 19.2. The first-order valence-electron chi connectivity index (χ1n) is 24.2. The number of carbonyl (C=O) groups excluding carboxylic acids is 10. The van der Waals surface area contributed by atoms with E-state index in [1.807, 2.05) is 0 Å². The first-order valence-corrected chi connectivity index (χ1v) is 25.7. The van der Waals surface area contributed by atoms with Crippen LogP contribution in [0.2, 0.25) is 0 Å². The summed E-state index contributed by atoms with van der Waals surface area (Å²) in [6, 6.07) is -10.6. The van der Waals surface area contributed by atoms with Crippen molar-refractivity contribution in [2.24, 2.45) is 0 Å². The molecule has 0 radical (unpaired) electrons. The fourth-order valence-electron chi connectivity index (χ4n) is 7.65. The number of aliphatic hydroxyl groups is 4. The summed E-state index contributed by atoms with van der Waals surface area (Å²) in [5.74, 6) is -10.8. The van der Waals surface area contributed by atoms with E-state index in [0.717, 1.165) is 41.9 Å². The second-order valence-electron chi connectivity index (χ2n) is 18.0. The van der Waals surface area contributed by atoms with E-state index >= 15 is 0 Å². The Balaban J connectivity index is 0.0000320. The van der Waals surface area contributed by atoms with Crippen molar-refractivity contribution in [3.8, 4) is 0 Å². The SMILES string of the molecule is COC(=O)[C@@H](C)NC(=O)[C@@H](C)NC(=O)[C@H](CCCCNC(=O)C(F)(F)F)NC(=O)CC[C@@H](NC(=O)[C@H](C)NC(=O)[C@@H](C)O[C@@H]1[C@@H](NC(C)=O)[C@@H](OP(=O)(O)O)O[C@H](CO)[C@H]1O[C@@H]1O[C@H](CO)[C@@H](O)[C@H](O)[C@H]1NC(C)=O)C(=O)OC.N.N. The summed E-state index contributed by atoms with van der Waals surface area (Å²) >= 11 is 0. The molecule has 0 bridgehead atoms. The number of carbonyl (C=O) groups is 10. The smallest absolute Gasteiger partial charge is 0.467 e. The average molecular weight is 1210 g/mol. The number of hydrogen-bond donors (Lipinski definition) is 16. The van der Waals surface area contributed by atoms with Gasteiger partial charge in [0.1, 0.15) is 85.0 Å². The Kier molecular flexibility index (Phi) is 32.1. The number of phosphoric acid groups is 1. The first kappa shape index (κ1) is 75.2. The molecule has 16 atom stereocenters. The molecule has 2 heterocycles. The summed E-state index contributed by atoms with van der Waals surface area (Å²) in [5.41, 5.74) is 0. The van der Waals surface area contributed by atoms with Gasteiger partial charge in [0.2, 0.25) is 41.4 Å². The van der Waals surface area contributed by atoms with Crippen LogP contribution in [0.15, 0.2) is 0 Å². The van der Waals surface area contributed by atoms with Crippen LogP contribution in [0.3, 0.4) is 0 Å². The van der Waals surface area contributed by atoms with Crippen LogP contribution < -0.4 is 54.8 Å². The first-order chi connectivity index (χ1) is 36.7. The molecule has 81 heavy (non-hydrogen) atoms. The Morgan fingerprint density at radius 1 is 0.630 bits per heavy atom. The summed E-state index contributed by atoms with van der Waals surface area (Å²) in [5, 5.41) is 59.6. The van der Waals surface area contributed by atoms with Crippen LogP contribution in [0.5, 0.6) is 0 Å². The van der Waals surface area contributed by atoms with Gasteiger partial charge in [0.25, 0.3) is 0 Å². The number of rotatable bonds is 29. The number of aliphatic hydroxyl groups excluding tert-OH is 4. The van der Waals surface area contributed by atoms with Gasteiger partial charge in [-0.2, -0.15) is 13.2 Å². The fourth-order valence-corrected chi connectivity index (χ4v) is 8.10. The molecule has 38 heteroatoms. The molecular weight excluding hydrogens is 1130 g/mol. The normalized spacial score (nSPS) is 24.9. The largest absolute Gasteiger partial charge is 0.472 e. The maximum Gasteiger partial charge on any atom is 0.472 e. The zero-order valence-electron chi connectivity index (χ0n) is 45.4. The zero-order chi connectivity index (χ0) is 60.3. The minimum absolute atomic E-state index is 0. The number of nitrogens with one attached hydrogen (secondary N) is 8. The maximum absolute atomic E-state index is 13.7. The fraction of sp³-hybridized carbons (Fsp3) is 0.767. The lowest BCUT2D eigenvalue weighted by Gasteiger charge is -2.49. The minimum Gasteiger partial charge on any atom is -0.467 e. The number of amides is 8. The highest BCUT2D eigenvalue weighted by Crippen LogP contribution is 2.42. The summed E-state index contributed by atoms with van der Waals surface area (Å²) in [6.07, 6.45) is -23.4. The van der Waals surface area contributed by atoms with E-state index < -0.39 is 203 Å². The average Bonchev–Trinajstić information content (AvgIpc) is 3.36. The highest BCUT2D eigenvalue weighted by molar-refractivity contribution is 7.46. The van der Waals surface area contributed by atoms with Gasteiger partial charge in [0.05, 0.1) is 27.4 Å². The molecule has 2 aliphatic rings. The predicted molar refractivity (Wildman–Crippen MR) is 264 cm³/mol. The number of methoxy groups -OCH3 is 2. The van der Waals surface area contributed by atoms with E-state index in [4.69, 9.17) is 28.2 Å². The molecule has 20 N–H and O–H groups in total. The van der Waals surface area contributed by atoms with Crippen molar-refractivity contribution in [1.29, 1.82) is 0 Å². The molecule has 0 saturated carbocycles. The van der Waals surface area contributed by atoms with Crippen molar-refractivity contribution in [3.63, 3.8) is 0 Å². The van der Waals surface area contributed by atoms with Crippen LogP contribution in [0, 0.1) is 0 Å². The van der Waals surface area contributed by atoms with Crippen molar-refractivity contribution >= 4 is 67.0 Å². The topological polar surface area (TPSA) is 540 Å². The molecule has 0 aromatic carbocycles. The number of esters is 2. The van der Waals surface area contributed by atoms with Crippen LogP contribution in [-0.4, -0.2) is 227 Å². The van der Waals surface area contributed by atoms with Crippen molar-refractivity contribution in [2.75, 3.05) is 34.0 Å². The van der Waals surface area contributed by atoms with Gasteiger partial charge in [-0.3, -0.25) is 42.9 Å². The molecule has 0 aliphatic carbocycles. The van der Waals surface area contributed by atoms with Gasteiger partial charge in [-0.1, -0.05) is 0 Å². The lowest BCUT2D eigenvalue weighted by Crippen LogP contribution is -2.70. The molecule has 2 rings (SSSR count). The molecule has 0 spiro atoms. The molecular formula is C43H76F3N10O24P. The van der Waals surface area contributed by atoms with Crippen LogP contribution in [0.1, 0.15) is 73.6 Å². The molecule has 2 aliphatic heterocycles. The summed E-state index contributed by atoms with van der Waals surface area (Å²) in [4.78, 5) is 147. The van der Waals surface area contributed by atoms with E-state index in [1.54, 1.807) is 5.32 Å². The Morgan fingerprint density at radius 3 is 1.67 bits per heavy atom. The van der Waals surface area contributed by atoms with Gasteiger partial charge in [-0.05, 0) is 53.4 Å². The molecule has 468 valence electrons. The minimum atomic E-state index is -5.51. The van der Waals surface area contributed by atoms with Crippen molar-refractivity contribution in [2.45, 2.75) is 177 Å². The van der Waals surface area contributed by atoms with Crippen molar-refractivity contribution < 1.29 is 129 Å². The van der Waals surface area contributed by atoms with Crippen LogP contribution in [-0.2, 0) is 85.5 Å². The number of alkyl halides is 3. The summed E-state index contributed by atoms with van der Waals surface area (Å²) in [7, 11) is -3.51. The van der Waals surface area contributed by atoms with Gasteiger partial charge < -0.3 is 113 Å². The molecule has 0 unspecified atom stereocenters. The Bertz CT molecular complexity index is 2190. The Labute approximate surface area is 461 Å². The van der Waals surface area contributed by atoms with E-state index in [2.05, 4.69) is 42.0 Å². The highest BCUT2D eigenvalue weighted by atomic mass is 31.2. The molecule has 34 nitrogen and oxygen atoms in total. The molecule has 0 aromatic heterocycles. The lowest BCUT2D eigenvalue weighted by molar-refractivity contribution is -0.331. The standard InChI is InChI=1S/C43H70F3N8O24P.2H3N/c1-17(34(62)50-19(3)38(66)72-7)49-37(65)23(11-9-10-14-47-42(68)43(44,45)46)53-27(59)13-12-24(39(67)73-8)54-35(63)18(2)48-36(64)20(4)74-33-29(52-22(6)58)41(78-79(69,70)71)76-26(16-56)32(33)77-40-28(51-21(5)57)31(61)30(60)25(15-55)75-40;;/h17-20,23-26,28-33,40-41,55-56,60-61H,9-16H2,1-8H3,(H,47,68)(H,48,64)(H,49,65)(H,50,62)(H,51,57)(H,52,58)(H,53,59)(H,54,63)(H2,69,70,71);2*1H3/t17-,18+,19-,20-,23+,24-,25-,26-,28-,29-,30-,31-,32-,33-,40+,41-;;/m1../s1. The van der Waals surface area contributed by atoms with Gasteiger partial charge >= 0.3 is 31.8 Å². The quantitative estimate of drug-likeness (QED) is 0.0188. The lowest BCUT2D eigenvalue weighted by atomic mass is 9.94. The Morgan fingerprint density at radius 2 is 1.15 bits per heavy atom. The molecule has 2 saturated heterocycles. The van der Waals surface area contributed by atoms with Gasteiger partial charge in [-0.25, -0.2) is 14.2 Å². The second kappa shape index (κ2) is 34.6. The third-order valence-corrected chi connectivity index (χ3v) is 12.2. The monoisotopic (exact) mass is 1200 g/mol. The molecule has 8 amide bonds. The third kappa shape index (κ3) is 24.3.